The van der Waals surface area contributed by atoms with Crippen molar-refractivity contribution in [2.45, 2.75) is 32.2 Å². The van der Waals surface area contributed by atoms with Gasteiger partial charge in [0, 0.05) is 50.9 Å². The van der Waals surface area contributed by atoms with Crippen molar-refractivity contribution in [3.05, 3.63) is 24.4 Å². The Hall–Kier alpha value is -1.08. The number of amides is 1. The zero-order chi connectivity index (χ0) is 18.0. The molecule has 3 aliphatic rings. The molecule has 2 atom stereocenters. The summed E-state index contributed by atoms with van der Waals surface area (Å²) in [6.45, 7) is 9.25. The molecule has 3 fully saturated rings. The molecule has 28 heavy (non-hydrogen) atoms. The van der Waals surface area contributed by atoms with E-state index in [2.05, 4.69) is 38.4 Å². The minimum absolute atomic E-state index is 0. The topological polar surface area (TPSA) is 60.5 Å². The summed E-state index contributed by atoms with van der Waals surface area (Å²) in [4.78, 5) is 21.8. The first-order valence-corrected chi connectivity index (χ1v) is 10.1. The zero-order valence-electron chi connectivity index (χ0n) is 16.6. The lowest BCUT2D eigenvalue weighted by Crippen LogP contribution is -2.51. The number of nitrogens with zero attached hydrogens (tertiary/aromatic N) is 3. The van der Waals surface area contributed by atoms with Gasteiger partial charge in [-0.05, 0) is 56.8 Å². The summed E-state index contributed by atoms with van der Waals surface area (Å²) in [5, 5.41) is 6.68. The van der Waals surface area contributed by atoms with E-state index in [0.29, 0.717) is 5.41 Å². The van der Waals surface area contributed by atoms with Gasteiger partial charge in [-0.3, -0.25) is 9.69 Å². The normalized spacial score (nSPS) is 24.6. The summed E-state index contributed by atoms with van der Waals surface area (Å²) >= 11 is 0. The van der Waals surface area contributed by atoms with E-state index in [-0.39, 0.29) is 42.7 Å². The third kappa shape index (κ3) is 5.29. The van der Waals surface area contributed by atoms with Crippen molar-refractivity contribution in [2.75, 3.05) is 50.7 Å². The van der Waals surface area contributed by atoms with Crippen LogP contribution >= 0.6 is 24.8 Å². The number of aromatic nitrogens is 1. The average molecular weight is 430 g/mol. The Labute approximate surface area is 180 Å². The molecule has 8 heteroatoms. The number of hydrogen-bond donors (Lipinski definition) is 2. The van der Waals surface area contributed by atoms with Crippen LogP contribution in [-0.2, 0) is 4.79 Å². The van der Waals surface area contributed by atoms with E-state index in [9.17, 15) is 4.79 Å². The van der Waals surface area contributed by atoms with Crippen LogP contribution in [0.25, 0.3) is 0 Å². The Morgan fingerprint density at radius 2 is 1.96 bits per heavy atom. The van der Waals surface area contributed by atoms with Crippen LogP contribution in [0.5, 0.6) is 0 Å². The van der Waals surface area contributed by atoms with Crippen molar-refractivity contribution >= 4 is 36.5 Å². The second kappa shape index (κ2) is 10.1. The lowest BCUT2D eigenvalue weighted by Gasteiger charge is -2.36. The van der Waals surface area contributed by atoms with Gasteiger partial charge in [0.15, 0.2) is 0 Å². The Kier molecular flexibility index (Phi) is 8.37. The Bertz CT molecular complexity index is 618. The molecule has 4 rings (SSSR count). The van der Waals surface area contributed by atoms with E-state index < -0.39 is 0 Å². The fourth-order valence-corrected chi connectivity index (χ4v) is 4.67. The van der Waals surface area contributed by atoms with Gasteiger partial charge in [-0.1, -0.05) is 6.07 Å². The van der Waals surface area contributed by atoms with Gasteiger partial charge in [0.2, 0.25) is 5.91 Å². The highest BCUT2D eigenvalue weighted by Gasteiger charge is 2.57. The van der Waals surface area contributed by atoms with E-state index in [1.807, 2.05) is 18.3 Å². The number of pyridine rings is 1. The first-order chi connectivity index (χ1) is 12.7. The number of rotatable bonds is 5. The van der Waals surface area contributed by atoms with E-state index in [1.54, 1.807) is 0 Å². The predicted octanol–water partition coefficient (Wildman–Crippen LogP) is 1.94. The Balaban J connectivity index is 0.00000140. The maximum absolute atomic E-state index is 12.6. The van der Waals surface area contributed by atoms with Crippen LogP contribution in [0.3, 0.4) is 0 Å². The van der Waals surface area contributed by atoms with Crippen LogP contribution in [-0.4, -0.2) is 67.6 Å². The molecule has 1 spiro atoms. The van der Waals surface area contributed by atoms with Crippen molar-refractivity contribution in [3.63, 3.8) is 0 Å². The number of halogens is 2. The molecule has 2 aliphatic heterocycles. The zero-order valence-corrected chi connectivity index (χ0v) is 18.2. The molecule has 0 aromatic carbocycles. The predicted molar refractivity (Wildman–Crippen MR) is 118 cm³/mol. The van der Waals surface area contributed by atoms with Crippen LogP contribution in [0.2, 0.25) is 0 Å². The minimum Gasteiger partial charge on any atom is -0.354 e. The molecule has 1 aromatic heterocycles. The summed E-state index contributed by atoms with van der Waals surface area (Å²) in [6, 6.07) is 6.28. The smallest absolute Gasteiger partial charge is 0.223 e. The molecule has 2 saturated heterocycles. The number of anilines is 1. The second-order valence-corrected chi connectivity index (χ2v) is 8.25. The van der Waals surface area contributed by atoms with Crippen LogP contribution in [0.4, 0.5) is 5.82 Å². The van der Waals surface area contributed by atoms with Gasteiger partial charge in [-0.15, -0.1) is 24.8 Å². The molecule has 1 amide bonds. The van der Waals surface area contributed by atoms with Crippen molar-refractivity contribution in [1.29, 1.82) is 0 Å². The first kappa shape index (κ1) is 23.2. The van der Waals surface area contributed by atoms with Crippen molar-refractivity contribution in [3.8, 4) is 0 Å². The highest BCUT2D eigenvalue weighted by Crippen LogP contribution is 2.58. The monoisotopic (exact) mass is 429 g/mol. The summed E-state index contributed by atoms with van der Waals surface area (Å²) < 4.78 is 0. The van der Waals surface area contributed by atoms with Gasteiger partial charge >= 0.3 is 0 Å². The third-order valence-electron chi connectivity index (χ3n) is 6.37. The largest absolute Gasteiger partial charge is 0.354 e. The fourth-order valence-electron chi connectivity index (χ4n) is 4.67. The van der Waals surface area contributed by atoms with Crippen LogP contribution < -0.4 is 15.5 Å². The third-order valence-corrected chi connectivity index (χ3v) is 6.37. The lowest BCUT2D eigenvalue weighted by atomic mass is 9.91. The fraction of sp³-hybridized carbons (Fsp3) is 0.700. The maximum Gasteiger partial charge on any atom is 0.223 e. The van der Waals surface area contributed by atoms with Gasteiger partial charge in [0.1, 0.15) is 5.82 Å². The number of carbonyl (C=O) groups is 1. The van der Waals surface area contributed by atoms with Crippen LogP contribution in [0.1, 0.15) is 26.2 Å². The van der Waals surface area contributed by atoms with Gasteiger partial charge in [0.05, 0.1) is 0 Å². The Morgan fingerprint density at radius 3 is 2.61 bits per heavy atom. The highest BCUT2D eigenvalue weighted by molar-refractivity contribution is 5.85. The quantitative estimate of drug-likeness (QED) is 0.748. The molecule has 158 valence electrons. The highest BCUT2D eigenvalue weighted by atomic mass is 35.5. The van der Waals surface area contributed by atoms with Crippen LogP contribution in [0, 0.1) is 11.3 Å². The van der Waals surface area contributed by atoms with Gasteiger partial charge < -0.3 is 15.5 Å². The number of piperazine rings is 1. The molecule has 1 saturated carbocycles. The van der Waals surface area contributed by atoms with E-state index in [1.165, 1.54) is 0 Å². The van der Waals surface area contributed by atoms with Crippen LogP contribution in [0.15, 0.2) is 24.4 Å². The van der Waals surface area contributed by atoms with Gasteiger partial charge in [0.25, 0.3) is 0 Å². The summed E-state index contributed by atoms with van der Waals surface area (Å²) in [5.41, 5.74) is 0.323. The maximum atomic E-state index is 12.6. The molecular formula is C20H33Cl2N5O. The van der Waals surface area contributed by atoms with Crippen molar-refractivity contribution in [2.24, 2.45) is 11.3 Å². The lowest BCUT2D eigenvalue weighted by molar-refractivity contribution is -0.124. The van der Waals surface area contributed by atoms with E-state index >= 15 is 0 Å². The molecule has 0 bridgehead atoms. The van der Waals surface area contributed by atoms with Crippen molar-refractivity contribution in [1.82, 2.24) is 20.5 Å². The van der Waals surface area contributed by atoms with Gasteiger partial charge in [-0.2, -0.15) is 0 Å². The molecule has 2 unspecified atom stereocenters. The molecule has 1 aromatic rings. The molecule has 2 N–H and O–H groups in total. The SMILES string of the molecule is CC(CN1CCN(c2ccccn2)CC1)NC(=O)C1CC12CCNCC2.Cl.Cl. The number of nitrogens with one attached hydrogen (secondary N) is 2. The molecule has 1 aliphatic carbocycles. The molecule has 0 radical (unpaired) electrons. The van der Waals surface area contributed by atoms with E-state index in [0.717, 1.165) is 70.9 Å². The van der Waals surface area contributed by atoms with E-state index in [4.69, 9.17) is 0 Å². The number of piperidine rings is 1. The van der Waals surface area contributed by atoms with Crippen molar-refractivity contribution < 1.29 is 4.79 Å². The Morgan fingerprint density at radius 1 is 1.25 bits per heavy atom. The first-order valence-electron chi connectivity index (χ1n) is 10.1. The standard InChI is InChI=1S/C20H31N5O.2ClH/c1-16(23-19(26)17-14-20(17)5-8-21-9-6-20)15-24-10-12-25(13-11-24)18-4-2-3-7-22-18;;/h2-4,7,16-17,21H,5-6,8-15H2,1H3,(H,23,26);2*1H. The number of hydrogen-bond acceptors (Lipinski definition) is 5. The summed E-state index contributed by atoms with van der Waals surface area (Å²) in [7, 11) is 0. The average Bonchev–Trinajstić information content (AvgIpc) is 3.36. The minimum atomic E-state index is 0. The number of carbonyl (C=O) groups excluding carboxylic acids is 1. The summed E-state index contributed by atoms with van der Waals surface area (Å²) in [5.74, 6) is 1.61. The molecule has 3 heterocycles. The van der Waals surface area contributed by atoms with Gasteiger partial charge in [-0.25, -0.2) is 4.98 Å². The molecule has 6 nitrogen and oxygen atoms in total. The summed E-state index contributed by atoms with van der Waals surface area (Å²) in [6.07, 6.45) is 5.27. The second-order valence-electron chi connectivity index (χ2n) is 8.25. The molecular weight excluding hydrogens is 397 g/mol.